The lowest BCUT2D eigenvalue weighted by molar-refractivity contribution is -0.274. The largest absolute Gasteiger partial charge is 0.573 e. The summed E-state index contributed by atoms with van der Waals surface area (Å²) in [6.45, 7) is 1.47. The first-order chi connectivity index (χ1) is 19.3. The van der Waals surface area contributed by atoms with Gasteiger partial charge >= 0.3 is 12.5 Å². The van der Waals surface area contributed by atoms with Crippen LogP contribution < -0.4 is 30.0 Å². The number of amides is 2. The van der Waals surface area contributed by atoms with Crippen LogP contribution in [0, 0.1) is 6.92 Å². The maximum Gasteiger partial charge on any atom is 0.573 e. The van der Waals surface area contributed by atoms with Gasteiger partial charge < -0.3 is 30.0 Å². The van der Waals surface area contributed by atoms with E-state index >= 15 is 0 Å². The molecule has 0 aliphatic heterocycles. The number of aromatic nitrogens is 1. The van der Waals surface area contributed by atoms with Crippen molar-refractivity contribution < 1.29 is 54.9 Å². The second-order valence-corrected chi connectivity index (χ2v) is 8.43. The normalized spacial score (nSPS) is 11.9. The number of carbonyl (C=O) groups excluding carboxylic acids is 2. The van der Waals surface area contributed by atoms with Crippen molar-refractivity contribution in [2.24, 2.45) is 5.73 Å². The van der Waals surface area contributed by atoms with Crippen LogP contribution >= 0.6 is 0 Å². The van der Waals surface area contributed by atoms with E-state index in [-0.39, 0.29) is 11.4 Å². The first-order valence-electron chi connectivity index (χ1n) is 11.3. The highest BCUT2D eigenvalue weighted by Crippen LogP contribution is 2.45. The van der Waals surface area contributed by atoms with Crippen molar-refractivity contribution in [1.82, 2.24) is 4.98 Å². The van der Waals surface area contributed by atoms with E-state index in [1.165, 1.54) is 13.1 Å². The van der Waals surface area contributed by atoms with Crippen LogP contribution in [0.15, 0.2) is 42.6 Å². The number of nitrogens with two attached hydrogens (primary N) is 1. The van der Waals surface area contributed by atoms with Crippen LogP contribution in [0.2, 0.25) is 0 Å². The molecule has 18 heteroatoms. The lowest BCUT2D eigenvalue weighted by atomic mass is 9.52. The smallest absolute Gasteiger partial charge is 0.512 e. The number of carbonyl (C=O) groups is 2. The molecule has 0 bridgehead atoms. The van der Waals surface area contributed by atoms with Gasteiger partial charge in [-0.05, 0) is 48.1 Å². The molecule has 6 radical (unpaired) electrons. The molecule has 2 aromatic carbocycles. The van der Waals surface area contributed by atoms with Crippen molar-refractivity contribution >= 4 is 41.0 Å². The number of nitrogens with one attached hydrogen (secondary N) is 1. The maximum atomic E-state index is 13.8. The average Bonchev–Trinajstić information content (AvgIpc) is 2.83. The minimum atomic E-state index is -5.11. The third-order valence-corrected chi connectivity index (χ3v) is 5.12. The van der Waals surface area contributed by atoms with Crippen LogP contribution in [-0.4, -0.2) is 59.1 Å². The Morgan fingerprint density at radius 2 is 1.57 bits per heavy atom. The number of hydrogen-bond acceptors (Lipinski definition) is 7. The predicted octanol–water partition coefficient (Wildman–Crippen LogP) is 3.96. The molecule has 1 heterocycles. The first-order valence-corrected chi connectivity index (χ1v) is 11.3. The van der Waals surface area contributed by atoms with E-state index in [0.717, 1.165) is 31.4 Å². The van der Waals surface area contributed by atoms with Gasteiger partial charge in [0, 0.05) is 18.0 Å². The van der Waals surface area contributed by atoms with Crippen LogP contribution in [0.1, 0.15) is 32.0 Å². The molecule has 0 saturated heterocycles. The number of primary amides is 1. The van der Waals surface area contributed by atoms with Crippen LogP contribution in [0.25, 0.3) is 0 Å². The van der Waals surface area contributed by atoms with E-state index < -0.39 is 69.5 Å². The lowest BCUT2D eigenvalue weighted by Crippen LogP contribution is -2.37. The summed E-state index contributed by atoms with van der Waals surface area (Å²) in [5.74, 6) is -5.71. The molecule has 42 heavy (non-hydrogen) atoms. The summed E-state index contributed by atoms with van der Waals surface area (Å²) < 4.78 is 99.1. The molecule has 3 aromatic rings. The zero-order valence-electron chi connectivity index (χ0n) is 21.5. The fraction of sp³-hybridized carbons (Fsp3) is 0.208. The molecule has 0 fully saturated rings. The predicted molar refractivity (Wildman–Crippen MR) is 137 cm³/mol. The van der Waals surface area contributed by atoms with E-state index in [1.807, 2.05) is 0 Å². The molecule has 3 N–H and O–H groups in total. The molecule has 1 aromatic heterocycles. The number of anilines is 1. The molecule has 3 rings (SSSR count). The third kappa shape index (κ3) is 8.04. The zero-order chi connectivity index (χ0) is 31.6. The molecule has 0 spiro atoms. The van der Waals surface area contributed by atoms with E-state index in [4.69, 9.17) is 43.5 Å². The van der Waals surface area contributed by atoms with Crippen molar-refractivity contribution in [2.45, 2.75) is 24.8 Å². The Bertz CT molecular complexity index is 1510. The highest BCUT2D eigenvalue weighted by atomic mass is 19.4. The van der Waals surface area contributed by atoms with Crippen LogP contribution in [0.3, 0.4) is 0 Å². The number of ether oxygens (including phenoxy) is 4. The first kappa shape index (κ1) is 32.0. The van der Waals surface area contributed by atoms with Crippen LogP contribution in [0.4, 0.5) is 32.0 Å². The number of benzene rings is 2. The quantitative estimate of drug-likeness (QED) is 0.287. The van der Waals surface area contributed by atoms with Gasteiger partial charge in [-0.25, -0.2) is 0 Å². The second kappa shape index (κ2) is 11.8. The zero-order valence-corrected chi connectivity index (χ0v) is 21.5. The van der Waals surface area contributed by atoms with Crippen LogP contribution in [0.5, 0.6) is 28.7 Å². The number of pyridine rings is 1. The van der Waals surface area contributed by atoms with Gasteiger partial charge in [0.05, 0.1) is 12.7 Å². The Balaban J connectivity index is 2.18. The summed E-state index contributed by atoms with van der Waals surface area (Å²) in [6.07, 6.45) is -8.94. The second-order valence-electron chi connectivity index (χ2n) is 8.43. The topological polar surface area (TPSA) is 122 Å². The van der Waals surface area contributed by atoms with Gasteiger partial charge in [0.2, 0.25) is 0 Å². The molecular formula is C24H16B3F6N3O6. The molecule has 0 aliphatic carbocycles. The van der Waals surface area contributed by atoms with E-state index in [2.05, 4.69) is 15.0 Å². The van der Waals surface area contributed by atoms with Gasteiger partial charge in [-0.2, -0.15) is 13.2 Å². The van der Waals surface area contributed by atoms with E-state index in [9.17, 15) is 35.9 Å². The molecule has 0 saturated carbocycles. The lowest BCUT2D eigenvalue weighted by Gasteiger charge is -2.26. The highest BCUT2D eigenvalue weighted by Gasteiger charge is 2.38. The Morgan fingerprint density at radius 3 is 2.12 bits per heavy atom. The summed E-state index contributed by atoms with van der Waals surface area (Å²) in [5, 5.41) is -0.129. The van der Waals surface area contributed by atoms with Crippen molar-refractivity contribution in [3.8, 4) is 28.7 Å². The summed E-state index contributed by atoms with van der Waals surface area (Å²) in [7, 11) is 17.1. The average molecular weight is 589 g/mol. The molecular weight excluding hydrogens is 573 g/mol. The maximum absolute atomic E-state index is 13.8. The molecule has 0 atom stereocenters. The van der Waals surface area contributed by atoms with E-state index in [0.29, 0.717) is 17.7 Å². The number of rotatable bonds is 9. The summed E-state index contributed by atoms with van der Waals surface area (Å²) in [5.41, 5.74) is 3.00. The number of aryl methyl sites for hydroxylation is 1. The fourth-order valence-electron chi connectivity index (χ4n) is 3.44. The monoisotopic (exact) mass is 589 g/mol. The SMILES string of the molecule is [B]C([B])([B])Oc1cc(OC(F)(F)F)ccc1Oc1ccc(C(F)(F)F)c(OC)c1C(=O)Nc1cc(C(N)=O)ncc1C. The number of halogens is 6. The number of hydrogen-bond donors (Lipinski definition) is 2. The van der Waals surface area contributed by atoms with Crippen molar-refractivity contribution in [2.75, 3.05) is 12.4 Å². The van der Waals surface area contributed by atoms with Gasteiger partial charge in [-0.15, -0.1) is 13.2 Å². The standard InChI is InChI=1S/C24H16B3F6N3O6/c1-10-9-35-14(20(34)37)8-13(10)36-21(38)18-16(6-4-12(19(18)39-2)22(28,29)30)40-15-5-3-11(41-24(31,32)33)7-17(15)42-23(25,26)27/h3-9H,1-2H3,(H2,34,37)(H,35,36,38). The minimum Gasteiger partial charge on any atom is -0.512 e. The highest BCUT2D eigenvalue weighted by molar-refractivity contribution is 6.58. The summed E-state index contributed by atoms with van der Waals surface area (Å²) in [6, 6.07) is 4.64. The molecule has 0 unspecified atom stereocenters. The molecule has 2 amide bonds. The summed E-state index contributed by atoms with van der Waals surface area (Å²) in [4.78, 5) is 28.8. The number of alkyl halides is 6. The number of nitrogens with zero attached hydrogens (tertiary/aromatic N) is 1. The van der Waals surface area contributed by atoms with Crippen molar-refractivity contribution in [3.05, 3.63) is 65.0 Å². The van der Waals surface area contributed by atoms with Crippen molar-refractivity contribution in [3.63, 3.8) is 0 Å². The minimum absolute atomic E-state index is 0.0499. The van der Waals surface area contributed by atoms with Gasteiger partial charge in [0.15, 0.2) is 11.5 Å². The molecule has 214 valence electrons. The van der Waals surface area contributed by atoms with Gasteiger partial charge in [0.1, 0.15) is 52.0 Å². The Labute approximate surface area is 237 Å². The van der Waals surface area contributed by atoms with Gasteiger partial charge in [-0.1, -0.05) is 0 Å². The van der Waals surface area contributed by atoms with Gasteiger partial charge in [0.25, 0.3) is 11.8 Å². The van der Waals surface area contributed by atoms with Crippen LogP contribution in [-0.2, 0) is 6.18 Å². The molecule has 0 aliphatic rings. The number of methoxy groups -OCH3 is 1. The van der Waals surface area contributed by atoms with E-state index in [1.54, 1.807) is 0 Å². The third-order valence-electron chi connectivity index (χ3n) is 5.12. The Morgan fingerprint density at radius 1 is 0.929 bits per heavy atom. The van der Waals surface area contributed by atoms with Gasteiger partial charge in [-0.3, -0.25) is 14.6 Å². The van der Waals surface area contributed by atoms with Crippen molar-refractivity contribution in [1.29, 1.82) is 0 Å². The summed E-state index contributed by atoms with van der Waals surface area (Å²) >= 11 is 0. The molecule has 9 nitrogen and oxygen atoms in total. The fourth-order valence-corrected chi connectivity index (χ4v) is 3.44. The Hall–Kier alpha value is -4.50. The Kier molecular flexibility index (Phi) is 8.98.